The molecule has 1 N–H and O–H groups in total. The summed E-state index contributed by atoms with van der Waals surface area (Å²) in [7, 11) is 1.75. The largest absolute Gasteiger partial charge is 0.383 e. The fourth-order valence-corrected chi connectivity index (χ4v) is 2.60. The maximum Gasteiger partial charge on any atom is 0.0587 e. The number of nitrogens with one attached hydrogen (secondary N) is 1. The molecule has 1 rings (SSSR count). The Hall–Kier alpha value is -0.340. The molecule has 1 aliphatic rings. The van der Waals surface area contributed by atoms with Crippen molar-refractivity contribution in [3.63, 3.8) is 0 Å². The zero-order chi connectivity index (χ0) is 12.3. The Morgan fingerprint density at radius 2 is 1.88 bits per heavy atom. The minimum Gasteiger partial charge on any atom is -0.383 e. The Bertz CT molecular complexity index is 205. The van der Waals surface area contributed by atoms with E-state index >= 15 is 0 Å². The highest BCUT2D eigenvalue weighted by Gasteiger charge is 2.12. The average Bonchev–Trinajstić information content (AvgIpc) is 2.62. The lowest BCUT2D eigenvalue weighted by Gasteiger charge is -2.14. The van der Waals surface area contributed by atoms with Gasteiger partial charge in [-0.05, 0) is 38.6 Å². The molecule has 0 saturated heterocycles. The summed E-state index contributed by atoms with van der Waals surface area (Å²) in [4.78, 5) is 0. The van der Waals surface area contributed by atoms with Crippen LogP contribution in [0.1, 0.15) is 51.9 Å². The van der Waals surface area contributed by atoms with Crippen molar-refractivity contribution in [2.24, 2.45) is 5.92 Å². The zero-order valence-corrected chi connectivity index (χ0v) is 11.6. The van der Waals surface area contributed by atoms with Gasteiger partial charge < -0.3 is 10.1 Å². The molecule has 0 amide bonds. The van der Waals surface area contributed by atoms with Gasteiger partial charge in [-0.25, -0.2) is 0 Å². The topological polar surface area (TPSA) is 21.3 Å². The fourth-order valence-electron chi connectivity index (χ4n) is 2.60. The van der Waals surface area contributed by atoms with Crippen LogP contribution < -0.4 is 5.32 Å². The third-order valence-electron chi connectivity index (χ3n) is 3.77. The lowest BCUT2D eigenvalue weighted by Crippen LogP contribution is -2.19. The molecule has 1 saturated carbocycles. The van der Waals surface area contributed by atoms with Crippen LogP contribution in [0.2, 0.25) is 0 Å². The molecule has 2 heteroatoms. The van der Waals surface area contributed by atoms with Crippen LogP contribution in [-0.2, 0) is 4.74 Å². The SMILES string of the molecule is COCCNCC/C=C(/C)C1CCCCCC1. The second kappa shape index (κ2) is 9.67. The first-order valence-corrected chi connectivity index (χ1v) is 7.21. The van der Waals surface area contributed by atoms with Gasteiger partial charge in [-0.1, -0.05) is 37.3 Å². The third kappa shape index (κ3) is 6.85. The smallest absolute Gasteiger partial charge is 0.0587 e. The van der Waals surface area contributed by atoms with Crippen molar-refractivity contribution in [2.45, 2.75) is 51.9 Å². The Kier molecular flexibility index (Phi) is 8.37. The molecule has 0 spiro atoms. The lowest BCUT2D eigenvalue weighted by atomic mass is 9.92. The normalized spacial score (nSPS) is 19.3. The van der Waals surface area contributed by atoms with Gasteiger partial charge in [-0.3, -0.25) is 0 Å². The molecule has 2 nitrogen and oxygen atoms in total. The molecule has 1 aliphatic carbocycles. The van der Waals surface area contributed by atoms with Crippen molar-refractivity contribution in [3.8, 4) is 0 Å². The second-order valence-corrected chi connectivity index (χ2v) is 5.17. The van der Waals surface area contributed by atoms with Gasteiger partial charge in [-0.2, -0.15) is 0 Å². The van der Waals surface area contributed by atoms with Crippen LogP contribution in [-0.4, -0.2) is 26.8 Å². The highest BCUT2D eigenvalue weighted by molar-refractivity contribution is 5.04. The molecule has 0 atom stereocenters. The van der Waals surface area contributed by atoms with Gasteiger partial charge in [0.1, 0.15) is 0 Å². The highest BCUT2D eigenvalue weighted by atomic mass is 16.5. The van der Waals surface area contributed by atoms with Crippen molar-refractivity contribution in [3.05, 3.63) is 11.6 Å². The van der Waals surface area contributed by atoms with Crippen LogP contribution in [0.5, 0.6) is 0 Å². The summed E-state index contributed by atoms with van der Waals surface area (Å²) in [6.07, 6.45) is 12.2. The summed E-state index contributed by atoms with van der Waals surface area (Å²) in [5.41, 5.74) is 1.63. The summed E-state index contributed by atoms with van der Waals surface area (Å²) in [5.74, 6) is 0.872. The quantitative estimate of drug-likeness (QED) is 0.417. The van der Waals surface area contributed by atoms with E-state index in [0.717, 1.165) is 32.0 Å². The van der Waals surface area contributed by atoms with Gasteiger partial charge in [0.2, 0.25) is 0 Å². The van der Waals surface area contributed by atoms with E-state index in [9.17, 15) is 0 Å². The van der Waals surface area contributed by atoms with Crippen molar-refractivity contribution in [1.82, 2.24) is 5.32 Å². The molecule has 1 fully saturated rings. The number of rotatable bonds is 7. The van der Waals surface area contributed by atoms with E-state index in [1.165, 1.54) is 38.5 Å². The predicted molar refractivity (Wildman–Crippen MR) is 74.3 cm³/mol. The first kappa shape index (κ1) is 14.7. The molecule has 17 heavy (non-hydrogen) atoms. The monoisotopic (exact) mass is 239 g/mol. The Labute approximate surface area is 107 Å². The Balaban J connectivity index is 2.14. The van der Waals surface area contributed by atoms with Gasteiger partial charge >= 0.3 is 0 Å². The molecule has 100 valence electrons. The number of methoxy groups -OCH3 is 1. The fraction of sp³-hybridized carbons (Fsp3) is 0.867. The predicted octanol–water partition coefficient (Wildman–Crippen LogP) is 3.53. The maximum absolute atomic E-state index is 5.00. The molecule has 0 radical (unpaired) electrons. The van der Waals surface area contributed by atoms with Gasteiger partial charge in [0.05, 0.1) is 6.61 Å². The summed E-state index contributed by atoms with van der Waals surface area (Å²) in [6.45, 7) is 5.18. The molecule has 0 unspecified atom stereocenters. The van der Waals surface area contributed by atoms with E-state index in [1.807, 2.05) is 0 Å². The van der Waals surface area contributed by atoms with Gasteiger partial charge in [0.25, 0.3) is 0 Å². The first-order chi connectivity index (χ1) is 8.34. The van der Waals surface area contributed by atoms with Gasteiger partial charge in [-0.15, -0.1) is 0 Å². The van der Waals surface area contributed by atoms with E-state index in [0.29, 0.717) is 0 Å². The Morgan fingerprint density at radius 3 is 2.53 bits per heavy atom. The van der Waals surface area contributed by atoms with Crippen molar-refractivity contribution < 1.29 is 4.74 Å². The number of hydrogen-bond donors (Lipinski definition) is 1. The summed E-state index contributed by atoms with van der Waals surface area (Å²) in [5, 5.41) is 3.39. The van der Waals surface area contributed by atoms with Crippen LogP contribution in [0.15, 0.2) is 11.6 Å². The molecular formula is C15H29NO. The van der Waals surface area contributed by atoms with E-state index in [-0.39, 0.29) is 0 Å². The Morgan fingerprint density at radius 1 is 1.18 bits per heavy atom. The number of hydrogen-bond acceptors (Lipinski definition) is 2. The van der Waals surface area contributed by atoms with Crippen LogP contribution in [0.4, 0.5) is 0 Å². The summed E-state index contributed by atoms with van der Waals surface area (Å²) in [6, 6.07) is 0. The van der Waals surface area contributed by atoms with Crippen molar-refractivity contribution in [1.29, 1.82) is 0 Å². The van der Waals surface area contributed by atoms with Crippen molar-refractivity contribution in [2.75, 3.05) is 26.8 Å². The lowest BCUT2D eigenvalue weighted by molar-refractivity contribution is 0.199. The van der Waals surface area contributed by atoms with Crippen LogP contribution in [0.25, 0.3) is 0 Å². The maximum atomic E-state index is 5.00. The minimum atomic E-state index is 0.811. The minimum absolute atomic E-state index is 0.811. The standard InChI is InChI=1S/C15H29NO/c1-14(8-7-11-16-12-13-17-2)15-9-5-3-4-6-10-15/h8,15-16H,3-7,9-13H2,1-2H3/b14-8-. The number of allylic oxidation sites excluding steroid dienone is 1. The average molecular weight is 239 g/mol. The molecule has 0 bridgehead atoms. The zero-order valence-electron chi connectivity index (χ0n) is 11.6. The van der Waals surface area contributed by atoms with E-state index < -0.39 is 0 Å². The van der Waals surface area contributed by atoms with Crippen LogP contribution in [0.3, 0.4) is 0 Å². The van der Waals surface area contributed by atoms with Crippen molar-refractivity contribution >= 4 is 0 Å². The highest BCUT2D eigenvalue weighted by Crippen LogP contribution is 2.28. The summed E-state index contributed by atoms with van der Waals surface area (Å²) < 4.78 is 5.00. The summed E-state index contributed by atoms with van der Waals surface area (Å²) >= 11 is 0. The molecule has 0 aromatic carbocycles. The number of ether oxygens (including phenoxy) is 1. The molecule has 0 aromatic rings. The molecule has 0 heterocycles. The van der Waals surface area contributed by atoms with Gasteiger partial charge in [0.15, 0.2) is 0 Å². The van der Waals surface area contributed by atoms with E-state index in [4.69, 9.17) is 4.74 Å². The van der Waals surface area contributed by atoms with E-state index in [1.54, 1.807) is 12.7 Å². The van der Waals surface area contributed by atoms with Crippen LogP contribution in [0, 0.1) is 5.92 Å². The molecule has 0 aromatic heterocycles. The molecule has 0 aliphatic heterocycles. The third-order valence-corrected chi connectivity index (χ3v) is 3.77. The first-order valence-electron chi connectivity index (χ1n) is 7.21. The van der Waals surface area contributed by atoms with Gasteiger partial charge in [0, 0.05) is 13.7 Å². The molecular weight excluding hydrogens is 210 g/mol. The second-order valence-electron chi connectivity index (χ2n) is 5.17. The van der Waals surface area contributed by atoms with E-state index in [2.05, 4.69) is 18.3 Å². The van der Waals surface area contributed by atoms with Crippen LogP contribution >= 0.6 is 0 Å².